The molecule has 4 N–H and O–H groups in total. The third-order valence-corrected chi connectivity index (χ3v) is 12.3. The van der Waals surface area contributed by atoms with Gasteiger partial charge in [-0.2, -0.15) is 0 Å². The van der Waals surface area contributed by atoms with Crippen LogP contribution in [0.1, 0.15) is 290 Å². The molecule has 0 saturated heterocycles. The summed E-state index contributed by atoms with van der Waals surface area (Å²) in [4.78, 5) is 12.5. The Morgan fingerprint density at radius 1 is 0.439 bits per heavy atom. The maximum Gasteiger partial charge on any atom is 0.222 e. The van der Waals surface area contributed by atoms with E-state index in [0.29, 0.717) is 6.42 Å². The highest BCUT2D eigenvalue weighted by Crippen LogP contribution is 2.17. The van der Waals surface area contributed by atoms with Gasteiger partial charge in [0.15, 0.2) is 0 Å². The minimum absolute atomic E-state index is 0.0192. The molecule has 5 nitrogen and oxygen atoms in total. The Morgan fingerprint density at radius 2 is 0.719 bits per heavy atom. The van der Waals surface area contributed by atoms with Crippen LogP contribution in [-0.4, -0.2) is 46.1 Å². The Bertz CT molecular complexity index is 803. The number of hydrogen-bond donors (Lipinski definition) is 4. The predicted octanol–water partition coefficient (Wildman–Crippen LogP) is 15.6. The second-order valence-corrected chi connectivity index (χ2v) is 18.1. The second kappa shape index (κ2) is 47.8. The Kier molecular flexibility index (Phi) is 47.0. The zero-order valence-electron chi connectivity index (χ0n) is 38.7. The van der Waals surface area contributed by atoms with Gasteiger partial charge in [0.2, 0.25) is 5.91 Å². The van der Waals surface area contributed by atoms with Crippen LogP contribution in [0.5, 0.6) is 0 Å². The molecule has 0 radical (unpaired) electrons. The van der Waals surface area contributed by atoms with Gasteiger partial charge in [-0.1, -0.05) is 276 Å². The lowest BCUT2D eigenvalue weighted by Gasteiger charge is -2.21. The summed E-state index contributed by atoms with van der Waals surface area (Å²) in [6, 6.07) is -0.740. The lowest BCUT2D eigenvalue weighted by Crippen LogP contribution is -2.45. The molecule has 3 unspecified atom stereocenters. The number of hydrogen-bond acceptors (Lipinski definition) is 4. The zero-order chi connectivity index (χ0) is 41.5. The molecule has 0 heterocycles. The molecule has 0 aromatic heterocycles. The van der Waals surface area contributed by atoms with Gasteiger partial charge in [-0.15, -0.1) is 0 Å². The van der Waals surface area contributed by atoms with Crippen LogP contribution in [0.15, 0.2) is 12.2 Å². The number of unbranched alkanes of at least 4 members (excludes halogenated alkanes) is 39. The molecular weight excluding hydrogens is 703 g/mol. The Morgan fingerprint density at radius 3 is 1.02 bits per heavy atom. The molecule has 0 aromatic rings. The van der Waals surface area contributed by atoms with Crippen LogP contribution in [0.4, 0.5) is 0 Å². The van der Waals surface area contributed by atoms with Gasteiger partial charge in [-0.3, -0.25) is 4.79 Å². The zero-order valence-corrected chi connectivity index (χ0v) is 38.7. The summed E-state index contributed by atoms with van der Waals surface area (Å²) in [7, 11) is 0. The van der Waals surface area contributed by atoms with E-state index in [1.54, 1.807) is 6.08 Å². The maximum absolute atomic E-state index is 12.5. The summed E-state index contributed by atoms with van der Waals surface area (Å²) in [6.45, 7) is 4.25. The Hall–Kier alpha value is -0.910. The molecule has 5 heteroatoms. The molecule has 0 bridgehead atoms. The Balaban J connectivity index is 3.57. The van der Waals surface area contributed by atoms with Crippen LogP contribution in [0.2, 0.25) is 0 Å². The molecule has 57 heavy (non-hydrogen) atoms. The van der Waals surface area contributed by atoms with Crippen LogP contribution in [0.3, 0.4) is 0 Å². The number of nitrogens with one attached hydrogen (secondary N) is 1. The van der Waals surface area contributed by atoms with Crippen LogP contribution in [-0.2, 0) is 4.79 Å². The van der Waals surface area contributed by atoms with Gasteiger partial charge < -0.3 is 20.6 Å². The van der Waals surface area contributed by atoms with Crippen LogP contribution in [0, 0.1) is 0 Å². The van der Waals surface area contributed by atoms with Crippen molar-refractivity contribution in [3.05, 3.63) is 12.2 Å². The first-order chi connectivity index (χ1) is 28.0. The van der Waals surface area contributed by atoms with E-state index >= 15 is 0 Å². The summed E-state index contributed by atoms with van der Waals surface area (Å²) >= 11 is 0. The highest BCUT2D eigenvalue weighted by molar-refractivity contribution is 5.76. The van der Waals surface area contributed by atoms with Crippen molar-refractivity contribution in [3.63, 3.8) is 0 Å². The van der Waals surface area contributed by atoms with E-state index in [1.165, 1.54) is 238 Å². The van der Waals surface area contributed by atoms with E-state index < -0.39 is 18.2 Å². The highest BCUT2D eigenvalue weighted by atomic mass is 16.3. The van der Waals surface area contributed by atoms with E-state index in [2.05, 4.69) is 19.2 Å². The fourth-order valence-electron chi connectivity index (χ4n) is 8.34. The number of carbonyl (C=O) groups excluding carboxylic acids is 1. The summed E-state index contributed by atoms with van der Waals surface area (Å²) < 4.78 is 0. The molecule has 0 rings (SSSR count). The largest absolute Gasteiger partial charge is 0.394 e. The smallest absolute Gasteiger partial charge is 0.222 e. The number of aliphatic hydroxyl groups excluding tert-OH is 3. The minimum Gasteiger partial charge on any atom is -0.394 e. The van der Waals surface area contributed by atoms with Crippen LogP contribution >= 0.6 is 0 Å². The summed E-state index contributed by atoms with van der Waals surface area (Å²) in [5.41, 5.74) is 0. The van der Waals surface area contributed by atoms with Crippen LogP contribution in [0.25, 0.3) is 0 Å². The summed E-state index contributed by atoms with van der Waals surface area (Å²) in [5.74, 6) is -0.309. The lowest BCUT2D eigenvalue weighted by atomic mass is 10.0. The fourth-order valence-corrected chi connectivity index (χ4v) is 8.34. The lowest BCUT2D eigenvalue weighted by molar-refractivity contribution is -0.124. The van der Waals surface area contributed by atoms with Crippen molar-refractivity contribution in [2.75, 3.05) is 6.61 Å². The quantitative estimate of drug-likeness (QED) is 0.0364. The van der Waals surface area contributed by atoms with E-state index in [0.717, 1.165) is 25.7 Å². The maximum atomic E-state index is 12.5. The summed E-state index contributed by atoms with van der Waals surface area (Å²) in [5, 5.41) is 33.4. The van der Waals surface area contributed by atoms with Crippen molar-refractivity contribution in [1.82, 2.24) is 5.32 Å². The Labute approximate surface area is 357 Å². The topological polar surface area (TPSA) is 89.8 Å². The second-order valence-electron chi connectivity index (χ2n) is 18.1. The third kappa shape index (κ3) is 44.5. The van der Waals surface area contributed by atoms with Crippen molar-refractivity contribution < 1.29 is 20.1 Å². The SMILES string of the molecule is CCCCCCCCCCCCCCCCCCCCCCCC/C=C/C(O)C(CO)NC(=O)CC(O)CCCCCCCCCCCCCCCCCCCC. The van der Waals surface area contributed by atoms with Crippen molar-refractivity contribution in [2.45, 2.75) is 308 Å². The van der Waals surface area contributed by atoms with Crippen molar-refractivity contribution in [3.8, 4) is 0 Å². The van der Waals surface area contributed by atoms with Crippen molar-refractivity contribution in [2.24, 2.45) is 0 Å². The monoisotopic (exact) mass is 806 g/mol. The first kappa shape index (κ1) is 56.1. The molecule has 0 aliphatic rings. The van der Waals surface area contributed by atoms with E-state index in [9.17, 15) is 20.1 Å². The molecule has 1 amide bonds. The molecular formula is C52H103NO4. The van der Waals surface area contributed by atoms with Gasteiger partial charge in [-0.05, 0) is 19.3 Å². The molecule has 0 fully saturated rings. The molecule has 340 valence electrons. The van der Waals surface area contributed by atoms with Crippen molar-refractivity contribution >= 4 is 5.91 Å². The molecule has 0 aliphatic carbocycles. The number of amides is 1. The molecule has 0 spiro atoms. The molecule has 3 atom stereocenters. The molecule has 0 aromatic carbocycles. The van der Waals surface area contributed by atoms with Gasteiger partial charge >= 0.3 is 0 Å². The van der Waals surface area contributed by atoms with E-state index in [4.69, 9.17) is 0 Å². The average molecular weight is 806 g/mol. The number of aliphatic hydroxyl groups is 3. The van der Waals surface area contributed by atoms with Gasteiger partial charge in [0.05, 0.1) is 31.3 Å². The minimum atomic E-state index is -0.925. The van der Waals surface area contributed by atoms with Gasteiger partial charge in [0.1, 0.15) is 0 Å². The highest BCUT2D eigenvalue weighted by Gasteiger charge is 2.20. The number of allylic oxidation sites excluding steroid dienone is 1. The standard InChI is InChI=1S/C52H103NO4/c1-3-5-7-9-11-13-15-17-19-21-23-24-25-26-27-28-30-32-34-36-38-40-42-44-46-51(56)50(48-54)53-52(57)47-49(55)45-43-41-39-37-35-33-31-29-22-20-18-16-14-12-10-8-6-4-2/h44,46,49-51,54-56H,3-43,45,47-48H2,1-2H3,(H,53,57)/b46-44+. The molecule has 0 saturated carbocycles. The third-order valence-electron chi connectivity index (χ3n) is 12.3. The normalized spacial score (nSPS) is 13.4. The van der Waals surface area contributed by atoms with Crippen molar-refractivity contribution in [1.29, 1.82) is 0 Å². The van der Waals surface area contributed by atoms with Gasteiger partial charge in [0, 0.05) is 0 Å². The number of carbonyl (C=O) groups is 1. The molecule has 0 aliphatic heterocycles. The first-order valence-corrected chi connectivity index (χ1v) is 26.0. The van der Waals surface area contributed by atoms with E-state index in [1.807, 2.05) is 6.08 Å². The van der Waals surface area contributed by atoms with Gasteiger partial charge in [0.25, 0.3) is 0 Å². The first-order valence-electron chi connectivity index (χ1n) is 26.0. The predicted molar refractivity (Wildman–Crippen MR) is 250 cm³/mol. The van der Waals surface area contributed by atoms with E-state index in [-0.39, 0.29) is 18.9 Å². The fraction of sp³-hybridized carbons (Fsp3) is 0.942. The summed E-state index contributed by atoms with van der Waals surface area (Å²) in [6.07, 6.45) is 58.1. The van der Waals surface area contributed by atoms with Gasteiger partial charge in [-0.25, -0.2) is 0 Å². The number of rotatable bonds is 48. The van der Waals surface area contributed by atoms with Crippen LogP contribution < -0.4 is 5.32 Å². The average Bonchev–Trinajstić information content (AvgIpc) is 3.20.